The number of carbonyl (C=O) groups excluding carboxylic acids is 2. The van der Waals surface area contributed by atoms with Crippen molar-refractivity contribution in [1.82, 2.24) is 4.90 Å². The fourth-order valence-electron chi connectivity index (χ4n) is 1.58. The summed E-state index contributed by atoms with van der Waals surface area (Å²) >= 11 is 0. The van der Waals surface area contributed by atoms with Crippen molar-refractivity contribution in [3.05, 3.63) is 23.3 Å². The molecule has 0 saturated heterocycles. The van der Waals surface area contributed by atoms with Crippen LogP contribution in [-0.2, 0) is 9.59 Å². The van der Waals surface area contributed by atoms with E-state index in [0.29, 0.717) is 24.0 Å². The Kier molecular flexibility index (Phi) is 1.40. The number of likely N-dealkylation sites (N-methyl/N-ethyl adjacent to an activating group) is 1. The third kappa shape index (κ3) is 0.763. The smallest absolute Gasteiger partial charge is 0.257 e. The molecule has 1 aliphatic carbocycles. The molecule has 2 rings (SSSR count). The Balaban J connectivity index is 2.43. The first-order valence-corrected chi connectivity index (χ1v) is 3.91. The van der Waals surface area contributed by atoms with E-state index in [2.05, 4.69) is 0 Å². The van der Waals surface area contributed by atoms with Gasteiger partial charge in [0, 0.05) is 18.2 Å². The van der Waals surface area contributed by atoms with Gasteiger partial charge in [0.1, 0.15) is 0 Å². The Morgan fingerprint density at radius 3 is 1.92 bits per heavy atom. The van der Waals surface area contributed by atoms with Gasteiger partial charge in [-0.05, 0) is 12.8 Å². The van der Waals surface area contributed by atoms with E-state index in [9.17, 15) is 9.59 Å². The quantitative estimate of drug-likeness (QED) is 0.388. The molecule has 3 heteroatoms. The standard InChI is InChI=1S/C9H9NO2/c1-10-8(11)6-4-2-3-5-7(6)9(10)12/h2-3H,4-5H2,1H3. The number of hydrogen-bond acceptors (Lipinski definition) is 2. The summed E-state index contributed by atoms with van der Waals surface area (Å²) in [6, 6.07) is 0. The number of imide groups is 1. The van der Waals surface area contributed by atoms with Crippen LogP contribution in [0.15, 0.2) is 23.3 Å². The first-order valence-electron chi connectivity index (χ1n) is 3.91. The maximum absolute atomic E-state index is 11.4. The molecule has 2 aliphatic rings. The van der Waals surface area contributed by atoms with Crippen LogP contribution in [0.2, 0.25) is 0 Å². The third-order valence-electron chi connectivity index (χ3n) is 2.30. The van der Waals surface area contributed by atoms with Gasteiger partial charge in [-0.3, -0.25) is 14.5 Å². The molecule has 0 saturated carbocycles. The van der Waals surface area contributed by atoms with Gasteiger partial charge in [0.05, 0.1) is 0 Å². The molecular weight excluding hydrogens is 154 g/mol. The van der Waals surface area contributed by atoms with Gasteiger partial charge in [-0.15, -0.1) is 0 Å². The number of hydrogen-bond donors (Lipinski definition) is 0. The minimum atomic E-state index is -0.126. The van der Waals surface area contributed by atoms with E-state index in [4.69, 9.17) is 0 Å². The first kappa shape index (κ1) is 7.28. The van der Waals surface area contributed by atoms with Crippen LogP contribution < -0.4 is 0 Å². The summed E-state index contributed by atoms with van der Waals surface area (Å²) in [5.41, 5.74) is 1.37. The molecule has 0 aromatic rings. The molecule has 0 atom stereocenters. The van der Waals surface area contributed by atoms with Crippen molar-refractivity contribution in [1.29, 1.82) is 0 Å². The normalized spacial score (nSPS) is 22.2. The van der Waals surface area contributed by atoms with Gasteiger partial charge in [-0.25, -0.2) is 0 Å². The Hall–Kier alpha value is -1.38. The highest BCUT2D eigenvalue weighted by molar-refractivity contribution is 6.19. The van der Waals surface area contributed by atoms with Crippen molar-refractivity contribution in [3.63, 3.8) is 0 Å². The fourth-order valence-corrected chi connectivity index (χ4v) is 1.58. The third-order valence-corrected chi connectivity index (χ3v) is 2.30. The lowest BCUT2D eigenvalue weighted by Crippen LogP contribution is -2.26. The topological polar surface area (TPSA) is 37.4 Å². The van der Waals surface area contributed by atoms with Gasteiger partial charge >= 0.3 is 0 Å². The first-order chi connectivity index (χ1) is 5.72. The second-order valence-electron chi connectivity index (χ2n) is 3.01. The van der Waals surface area contributed by atoms with Crippen molar-refractivity contribution in [3.8, 4) is 0 Å². The molecule has 0 radical (unpaired) electrons. The zero-order valence-electron chi connectivity index (χ0n) is 6.83. The van der Waals surface area contributed by atoms with Crippen LogP contribution in [0.25, 0.3) is 0 Å². The molecule has 0 aromatic heterocycles. The van der Waals surface area contributed by atoms with Crippen LogP contribution in [0, 0.1) is 0 Å². The summed E-state index contributed by atoms with van der Waals surface area (Å²) in [6.45, 7) is 0. The van der Waals surface area contributed by atoms with E-state index < -0.39 is 0 Å². The van der Waals surface area contributed by atoms with Crippen LogP contribution in [0.3, 0.4) is 0 Å². The van der Waals surface area contributed by atoms with Crippen molar-refractivity contribution in [2.24, 2.45) is 0 Å². The summed E-state index contributed by atoms with van der Waals surface area (Å²) in [7, 11) is 1.53. The second kappa shape index (κ2) is 2.30. The molecule has 3 nitrogen and oxygen atoms in total. The molecule has 0 fully saturated rings. The van der Waals surface area contributed by atoms with Gasteiger partial charge in [-0.2, -0.15) is 0 Å². The molecule has 1 heterocycles. The monoisotopic (exact) mass is 163 g/mol. The summed E-state index contributed by atoms with van der Waals surface area (Å²) in [5.74, 6) is -0.251. The maximum Gasteiger partial charge on any atom is 0.257 e. The van der Waals surface area contributed by atoms with Crippen molar-refractivity contribution in [2.45, 2.75) is 12.8 Å². The minimum absolute atomic E-state index is 0.126. The number of nitrogens with zero attached hydrogens (tertiary/aromatic N) is 1. The predicted octanol–water partition coefficient (Wildman–Crippen LogP) is 0.632. The molecule has 62 valence electrons. The van der Waals surface area contributed by atoms with E-state index in [1.54, 1.807) is 0 Å². The number of carbonyl (C=O) groups is 2. The Morgan fingerprint density at radius 1 is 1.08 bits per heavy atom. The van der Waals surface area contributed by atoms with E-state index in [1.807, 2.05) is 12.2 Å². The molecule has 0 bridgehead atoms. The Morgan fingerprint density at radius 2 is 1.50 bits per heavy atom. The zero-order valence-corrected chi connectivity index (χ0v) is 6.83. The Bertz CT molecular complexity index is 295. The van der Waals surface area contributed by atoms with Gasteiger partial charge < -0.3 is 0 Å². The average molecular weight is 163 g/mol. The molecule has 12 heavy (non-hydrogen) atoms. The van der Waals surface area contributed by atoms with E-state index in [1.165, 1.54) is 11.9 Å². The summed E-state index contributed by atoms with van der Waals surface area (Å²) in [5, 5.41) is 0. The van der Waals surface area contributed by atoms with Crippen molar-refractivity contribution >= 4 is 11.8 Å². The van der Waals surface area contributed by atoms with Gasteiger partial charge in [0.2, 0.25) is 0 Å². The van der Waals surface area contributed by atoms with Crippen LogP contribution in [0.4, 0.5) is 0 Å². The molecule has 1 aliphatic heterocycles. The summed E-state index contributed by atoms with van der Waals surface area (Å²) in [4.78, 5) is 23.9. The van der Waals surface area contributed by atoms with Crippen LogP contribution in [0.5, 0.6) is 0 Å². The Labute approximate surface area is 70.4 Å². The average Bonchev–Trinajstić information content (AvgIpc) is 2.33. The van der Waals surface area contributed by atoms with Gasteiger partial charge in [0.15, 0.2) is 0 Å². The highest BCUT2D eigenvalue weighted by Crippen LogP contribution is 2.28. The second-order valence-corrected chi connectivity index (χ2v) is 3.01. The fraction of sp³-hybridized carbons (Fsp3) is 0.333. The lowest BCUT2D eigenvalue weighted by Gasteiger charge is -2.04. The molecular formula is C9H9NO2. The lowest BCUT2D eigenvalue weighted by molar-refractivity contribution is -0.135. The molecule has 0 N–H and O–H groups in total. The summed E-state index contributed by atoms with van der Waals surface area (Å²) in [6.07, 6.45) is 5.10. The van der Waals surface area contributed by atoms with E-state index in [-0.39, 0.29) is 11.8 Å². The molecule has 0 spiro atoms. The number of rotatable bonds is 0. The van der Waals surface area contributed by atoms with E-state index >= 15 is 0 Å². The predicted molar refractivity (Wildman–Crippen MR) is 43.2 cm³/mol. The van der Waals surface area contributed by atoms with E-state index in [0.717, 1.165) is 0 Å². The van der Waals surface area contributed by atoms with Crippen molar-refractivity contribution < 1.29 is 9.59 Å². The number of amides is 2. The maximum atomic E-state index is 11.4. The molecule has 2 amide bonds. The minimum Gasteiger partial charge on any atom is -0.278 e. The van der Waals surface area contributed by atoms with Crippen LogP contribution in [0.1, 0.15) is 12.8 Å². The molecule has 0 unspecified atom stereocenters. The highest BCUT2D eigenvalue weighted by Gasteiger charge is 2.34. The number of allylic oxidation sites excluding steroid dienone is 2. The van der Waals surface area contributed by atoms with Gasteiger partial charge in [-0.1, -0.05) is 12.2 Å². The largest absolute Gasteiger partial charge is 0.278 e. The highest BCUT2D eigenvalue weighted by atomic mass is 16.2. The van der Waals surface area contributed by atoms with Crippen LogP contribution in [-0.4, -0.2) is 23.8 Å². The SMILES string of the molecule is CN1C(=O)C2=C(CC=CC2)C1=O. The lowest BCUT2D eigenvalue weighted by atomic mass is 9.99. The zero-order chi connectivity index (χ0) is 8.72. The van der Waals surface area contributed by atoms with Gasteiger partial charge in [0.25, 0.3) is 11.8 Å². The summed E-state index contributed by atoms with van der Waals surface area (Å²) < 4.78 is 0. The van der Waals surface area contributed by atoms with Crippen LogP contribution >= 0.6 is 0 Å². The van der Waals surface area contributed by atoms with Crippen molar-refractivity contribution in [2.75, 3.05) is 7.05 Å². The molecule has 0 aromatic carbocycles.